The van der Waals surface area contributed by atoms with E-state index in [1.807, 2.05) is 0 Å². The van der Waals surface area contributed by atoms with Gasteiger partial charge in [0.15, 0.2) is 33.7 Å². The molecule has 32 valence electrons. The Balaban J connectivity index is 3.02. The quantitative estimate of drug-likeness (QED) is 0.531. The molecule has 0 saturated carbocycles. The fraction of sp³-hybridized carbons (Fsp3) is 0. The van der Waals surface area contributed by atoms with Crippen LogP contribution in [-0.4, -0.2) is 0 Å². The zero-order valence-corrected chi connectivity index (χ0v) is 5.32. The van der Waals surface area contributed by atoms with Crippen LogP contribution in [0.1, 0.15) is 0 Å². The molecule has 0 rings (SSSR count). The summed E-state index contributed by atoms with van der Waals surface area (Å²) < 4.78 is 0. The molecule has 0 saturated heterocycles. The molecule has 0 aromatic heterocycles. The van der Waals surface area contributed by atoms with Crippen LogP contribution in [0, 0.1) is 0 Å². The Morgan fingerprint density at radius 3 is 1.20 bits per heavy atom. The van der Waals surface area contributed by atoms with E-state index in [1.165, 1.54) is 0 Å². The molecule has 0 aliphatic rings. The Hall–Kier alpha value is 1.26. The molecular weight excluding hydrogens is 151 g/mol. The molecule has 1 nitrogen and oxygen atoms in total. The number of hydrogen-bond donors (Lipinski definition) is 1. The van der Waals surface area contributed by atoms with Gasteiger partial charge >= 0.3 is 5.47 Å². The van der Waals surface area contributed by atoms with Gasteiger partial charge in [0, 0.05) is 0 Å². The predicted octanol–water partition coefficient (Wildman–Crippen LogP) is 2.34. The van der Waals surface area contributed by atoms with E-state index in [0.29, 0.717) is 0 Å². The van der Waals surface area contributed by atoms with Gasteiger partial charge in [-0.25, -0.2) is 0 Å². The zero-order valence-electron chi connectivity index (χ0n) is 2.16. The smallest absolute Gasteiger partial charge is 0.160 e. The first kappa shape index (κ1) is 6.26. The van der Waals surface area contributed by atoms with Crippen LogP contribution < -0.4 is 5.50 Å². The maximum Gasteiger partial charge on any atom is 0.373 e. The third-order valence-corrected chi connectivity index (χ3v) is 0. The van der Waals surface area contributed by atoms with E-state index in [2.05, 4.69) is 0 Å². The molecule has 0 unspecified atom stereocenters. The fourth-order valence-electron chi connectivity index (χ4n) is 0. The fourth-order valence-corrected chi connectivity index (χ4v) is 0. The molecule has 0 aromatic rings. The zero-order chi connectivity index (χ0) is 4.50. The highest BCUT2D eigenvalue weighted by Crippen LogP contribution is 2.66. The van der Waals surface area contributed by atoms with Gasteiger partial charge in [-0.1, -0.05) is 0 Å². The molecule has 5 heteroatoms. The monoisotopic (exact) mass is 152 g/mol. The molecule has 0 amide bonds. The van der Waals surface area contributed by atoms with Crippen LogP contribution in [-0.2, 0) is 0 Å². The van der Waals surface area contributed by atoms with Gasteiger partial charge in [-0.15, -0.1) is 0 Å². The average Bonchev–Trinajstić information content (AvgIpc) is 0.722. The van der Waals surface area contributed by atoms with E-state index < -0.39 is 5.47 Å². The maximum absolute atomic E-state index is 4.95. The van der Waals surface area contributed by atoms with Crippen LogP contribution in [0.4, 0.5) is 0 Å². The highest BCUT2D eigenvalue weighted by atomic mass is 36.1. The minimum Gasteiger partial charge on any atom is -0.160 e. The minimum absolute atomic E-state index is 2.47. The first-order valence-electron chi connectivity index (χ1n) is 0.765. The first-order chi connectivity index (χ1) is 2.00. The molecule has 0 aromatic carbocycles. The minimum atomic E-state index is -2.47. The van der Waals surface area contributed by atoms with Crippen molar-refractivity contribution >= 4 is 39.2 Å². The van der Waals surface area contributed by atoms with Crippen molar-refractivity contribution in [1.82, 2.24) is 0 Å². The molecule has 0 spiro atoms. The van der Waals surface area contributed by atoms with E-state index >= 15 is 0 Å². The second-order valence-electron chi connectivity index (χ2n) is 0.484. The average molecular weight is 153 g/mol. The molecule has 5 heavy (non-hydrogen) atoms. The van der Waals surface area contributed by atoms with Crippen molar-refractivity contribution in [2.45, 2.75) is 0 Å². The van der Waals surface area contributed by atoms with Crippen molar-refractivity contribution in [3.05, 3.63) is 0 Å². The predicted molar refractivity (Wildman–Crippen MR) is 28.7 cm³/mol. The normalized spacial score (nSPS) is 12.0. The number of hydrogen-bond acceptors (Lipinski definition) is 1. The van der Waals surface area contributed by atoms with Gasteiger partial charge < -0.3 is 0 Å². The second-order valence-corrected chi connectivity index (χ2v) is 7.81. The van der Waals surface area contributed by atoms with Crippen molar-refractivity contribution in [2.24, 2.45) is 5.50 Å². The van der Waals surface area contributed by atoms with Crippen molar-refractivity contribution in [2.75, 3.05) is 0 Å². The SMILES string of the molecule is N[P+](Cl)(Cl)Cl. The van der Waals surface area contributed by atoms with Crippen LogP contribution >= 0.6 is 39.2 Å². The molecule has 0 bridgehead atoms. The summed E-state index contributed by atoms with van der Waals surface area (Å²) in [5, 5.41) is 0. The summed E-state index contributed by atoms with van der Waals surface area (Å²) >= 11 is 14.8. The Kier molecular flexibility index (Phi) is 2.27. The van der Waals surface area contributed by atoms with Crippen LogP contribution in [0.2, 0.25) is 0 Å². The van der Waals surface area contributed by atoms with Crippen molar-refractivity contribution in [1.29, 1.82) is 0 Å². The summed E-state index contributed by atoms with van der Waals surface area (Å²) in [5.41, 5.74) is 2.29. The molecule has 0 heterocycles. The summed E-state index contributed by atoms with van der Waals surface area (Å²) in [6.07, 6.45) is 0. The van der Waals surface area contributed by atoms with Crippen LogP contribution in [0.5, 0.6) is 0 Å². The highest BCUT2D eigenvalue weighted by Gasteiger charge is 2.23. The molecule has 0 aliphatic heterocycles. The van der Waals surface area contributed by atoms with E-state index in [9.17, 15) is 0 Å². The highest BCUT2D eigenvalue weighted by molar-refractivity contribution is 8.31. The third kappa shape index (κ3) is 35.2. The van der Waals surface area contributed by atoms with Crippen molar-refractivity contribution in [3.63, 3.8) is 0 Å². The van der Waals surface area contributed by atoms with E-state index in [4.69, 9.17) is 39.2 Å². The van der Waals surface area contributed by atoms with Crippen LogP contribution in [0.15, 0.2) is 0 Å². The molecule has 0 radical (unpaired) electrons. The van der Waals surface area contributed by atoms with Crippen molar-refractivity contribution < 1.29 is 0 Å². The summed E-state index contributed by atoms with van der Waals surface area (Å²) in [6.45, 7) is 0. The first-order valence-corrected chi connectivity index (χ1v) is 5.34. The topological polar surface area (TPSA) is 26.0 Å². The summed E-state index contributed by atoms with van der Waals surface area (Å²) in [7, 11) is 0. The second kappa shape index (κ2) is 1.81. The van der Waals surface area contributed by atoms with Gasteiger partial charge in [0.25, 0.3) is 0 Å². The van der Waals surface area contributed by atoms with Gasteiger partial charge in [0.05, 0.1) is 0 Å². The summed E-state index contributed by atoms with van der Waals surface area (Å²) in [6, 6.07) is 0. The van der Waals surface area contributed by atoms with Gasteiger partial charge in [-0.2, -0.15) is 5.50 Å². The van der Waals surface area contributed by atoms with Gasteiger partial charge in [0.1, 0.15) is 0 Å². The lowest BCUT2D eigenvalue weighted by Crippen LogP contribution is -1.74. The lowest BCUT2D eigenvalue weighted by Gasteiger charge is -1.79. The number of nitrogens with two attached hydrogens (primary N) is 1. The summed E-state index contributed by atoms with van der Waals surface area (Å²) in [5.74, 6) is 0. The van der Waals surface area contributed by atoms with Crippen LogP contribution in [0.3, 0.4) is 0 Å². The Labute approximate surface area is 45.1 Å². The van der Waals surface area contributed by atoms with Crippen LogP contribution in [0.25, 0.3) is 0 Å². The molecule has 0 fully saturated rings. The maximum atomic E-state index is 4.95. The van der Waals surface area contributed by atoms with Gasteiger partial charge in [-0.05, 0) is 0 Å². The molecule has 2 N–H and O–H groups in total. The lowest BCUT2D eigenvalue weighted by atomic mass is 13.9. The summed E-state index contributed by atoms with van der Waals surface area (Å²) in [4.78, 5) is 0. The molecule has 0 aliphatic carbocycles. The number of halogens is 3. The van der Waals surface area contributed by atoms with E-state index in [1.54, 1.807) is 0 Å². The van der Waals surface area contributed by atoms with Crippen molar-refractivity contribution in [3.8, 4) is 0 Å². The van der Waals surface area contributed by atoms with Gasteiger partial charge in [-0.3, -0.25) is 0 Å². The lowest BCUT2D eigenvalue weighted by molar-refractivity contribution is 2.02. The Morgan fingerprint density at radius 2 is 1.20 bits per heavy atom. The van der Waals surface area contributed by atoms with E-state index in [0.717, 1.165) is 0 Å². The third-order valence-electron chi connectivity index (χ3n) is 0. The van der Waals surface area contributed by atoms with Gasteiger partial charge in [0.2, 0.25) is 0 Å². The van der Waals surface area contributed by atoms with E-state index in [-0.39, 0.29) is 0 Å². The Bertz CT molecular complexity index is 22.4. The Morgan fingerprint density at radius 1 is 1.20 bits per heavy atom. The molecule has 0 atom stereocenters. The molecular formula is H2Cl3NP+. The largest absolute Gasteiger partial charge is 0.373 e. The number of rotatable bonds is 0. The standard InChI is InChI=1S/Cl3H2NP/c1-5(2,3)4/h4H2/q+1.